The molecule has 1 aromatic rings. The van der Waals surface area contributed by atoms with Crippen LogP contribution in [0, 0.1) is 10.1 Å². The lowest BCUT2D eigenvalue weighted by atomic mass is 10.2. The molecule has 0 saturated carbocycles. The van der Waals surface area contributed by atoms with Crippen molar-refractivity contribution in [3.8, 4) is 0 Å². The van der Waals surface area contributed by atoms with Crippen LogP contribution in [0.25, 0.3) is 0 Å². The van der Waals surface area contributed by atoms with Gasteiger partial charge in [-0.15, -0.1) is 0 Å². The number of nitrogens with zero attached hydrogens (tertiary/aromatic N) is 1. The minimum atomic E-state index is -0.524. The number of amides is 1. The number of hydrogen-bond acceptors (Lipinski definition) is 4. The van der Waals surface area contributed by atoms with Gasteiger partial charge in [0.05, 0.1) is 16.6 Å². The molecule has 6 nitrogen and oxygen atoms in total. The molecule has 0 atom stereocenters. The molecule has 1 amide bonds. The summed E-state index contributed by atoms with van der Waals surface area (Å²) < 4.78 is 5.60. The fourth-order valence-electron chi connectivity index (χ4n) is 1.68. The third-order valence-electron chi connectivity index (χ3n) is 2.73. The van der Waals surface area contributed by atoms with Crippen molar-refractivity contribution in [2.75, 3.05) is 13.2 Å². The second kappa shape index (κ2) is 8.74. The third kappa shape index (κ3) is 5.81. The van der Waals surface area contributed by atoms with Crippen LogP contribution < -0.4 is 5.32 Å². The van der Waals surface area contributed by atoms with Crippen molar-refractivity contribution in [3.05, 3.63) is 38.3 Å². The summed E-state index contributed by atoms with van der Waals surface area (Å²) in [6.45, 7) is 5.12. The molecule has 0 fully saturated rings. The predicted octanol–water partition coefficient (Wildman–Crippen LogP) is 3.29. The highest BCUT2D eigenvalue weighted by Gasteiger charge is 2.18. The molecule has 0 aliphatic heterocycles. The number of carbonyl (C=O) groups excluding carboxylic acids is 1. The monoisotopic (exact) mass is 358 g/mol. The number of benzene rings is 1. The number of nitro benzene ring substituents is 1. The van der Waals surface area contributed by atoms with Crippen LogP contribution >= 0.6 is 15.9 Å². The van der Waals surface area contributed by atoms with Gasteiger partial charge in [0.1, 0.15) is 4.47 Å². The molecule has 116 valence electrons. The van der Waals surface area contributed by atoms with E-state index in [4.69, 9.17) is 4.74 Å². The molecule has 1 rings (SSSR count). The van der Waals surface area contributed by atoms with E-state index in [-0.39, 0.29) is 27.7 Å². The molecule has 0 aromatic heterocycles. The summed E-state index contributed by atoms with van der Waals surface area (Å²) >= 11 is 3.11. The summed E-state index contributed by atoms with van der Waals surface area (Å²) in [6.07, 6.45) is 1.86. The number of hydrogen-bond donors (Lipinski definition) is 1. The Morgan fingerprint density at radius 1 is 1.43 bits per heavy atom. The summed E-state index contributed by atoms with van der Waals surface area (Å²) in [7, 11) is 0. The van der Waals surface area contributed by atoms with Crippen molar-refractivity contribution >= 4 is 27.5 Å². The fraction of sp³-hybridized carbons (Fsp3) is 0.500. The van der Waals surface area contributed by atoms with Crippen LogP contribution in [0.2, 0.25) is 0 Å². The van der Waals surface area contributed by atoms with Gasteiger partial charge in [-0.05, 0) is 48.7 Å². The molecule has 7 heteroatoms. The number of nitro groups is 1. The molecule has 0 heterocycles. The van der Waals surface area contributed by atoms with Gasteiger partial charge in [-0.2, -0.15) is 0 Å². The zero-order valence-electron chi connectivity index (χ0n) is 12.1. The average molecular weight is 359 g/mol. The van der Waals surface area contributed by atoms with Gasteiger partial charge in [0.15, 0.2) is 0 Å². The Morgan fingerprint density at radius 3 is 2.76 bits per heavy atom. The maximum Gasteiger partial charge on any atom is 0.284 e. The Labute approximate surface area is 132 Å². The quantitative estimate of drug-likeness (QED) is 0.439. The minimum Gasteiger partial charge on any atom is -0.379 e. The highest BCUT2D eigenvalue weighted by Crippen LogP contribution is 2.28. The lowest BCUT2D eigenvalue weighted by molar-refractivity contribution is -0.385. The molecule has 0 aliphatic rings. The van der Waals surface area contributed by atoms with Gasteiger partial charge < -0.3 is 10.1 Å². The first-order chi connectivity index (χ1) is 9.93. The van der Waals surface area contributed by atoms with Crippen LogP contribution in [0.1, 0.15) is 37.0 Å². The fourth-order valence-corrected chi connectivity index (χ4v) is 2.27. The first-order valence-corrected chi connectivity index (χ1v) is 7.55. The van der Waals surface area contributed by atoms with Crippen LogP contribution in [0.15, 0.2) is 22.7 Å². The second-order valence-corrected chi connectivity index (χ2v) is 5.57. The third-order valence-corrected chi connectivity index (χ3v) is 3.56. The topological polar surface area (TPSA) is 81.5 Å². The van der Waals surface area contributed by atoms with E-state index >= 15 is 0 Å². The molecule has 0 unspecified atom stereocenters. The van der Waals surface area contributed by atoms with Crippen molar-refractivity contribution < 1.29 is 14.5 Å². The normalized spacial score (nSPS) is 10.7. The summed E-state index contributed by atoms with van der Waals surface area (Å²) in [6, 6.07) is 4.40. The first kappa shape index (κ1) is 17.6. The SMILES string of the molecule is CC(C)OCCCCNC(=O)c1cccc([N+](=O)[O-])c1Br. The van der Waals surface area contributed by atoms with Gasteiger partial charge in [-0.3, -0.25) is 14.9 Å². The minimum absolute atomic E-state index is 0.118. The van der Waals surface area contributed by atoms with Gasteiger partial charge in [0.25, 0.3) is 11.6 Å². The summed E-state index contributed by atoms with van der Waals surface area (Å²) in [5.41, 5.74) is 0.149. The van der Waals surface area contributed by atoms with Gasteiger partial charge in [-0.1, -0.05) is 6.07 Å². The van der Waals surface area contributed by atoms with Crippen LogP contribution in [0.3, 0.4) is 0 Å². The van der Waals surface area contributed by atoms with Crippen molar-refractivity contribution in [3.63, 3.8) is 0 Å². The number of rotatable bonds is 8. The van der Waals surface area contributed by atoms with E-state index in [9.17, 15) is 14.9 Å². The molecule has 21 heavy (non-hydrogen) atoms. The van der Waals surface area contributed by atoms with Crippen LogP contribution in [-0.2, 0) is 4.74 Å². The molecule has 0 spiro atoms. The zero-order valence-corrected chi connectivity index (χ0v) is 13.7. The van der Waals surface area contributed by atoms with Crippen molar-refractivity contribution in [2.45, 2.75) is 32.8 Å². The molecule has 0 aliphatic carbocycles. The van der Waals surface area contributed by atoms with E-state index in [1.54, 1.807) is 6.07 Å². The molecule has 1 aromatic carbocycles. The summed E-state index contributed by atoms with van der Waals surface area (Å²) in [5.74, 6) is -0.324. The Kier molecular flexibility index (Phi) is 7.31. The van der Waals surface area contributed by atoms with Gasteiger partial charge in [-0.25, -0.2) is 0 Å². The van der Waals surface area contributed by atoms with Crippen LogP contribution in [0.4, 0.5) is 5.69 Å². The molecular formula is C14H19BrN2O4. The van der Waals surface area contributed by atoms with Crippen molar-refractivity contribution in [2.24, 2.45) is 0 Å². The van der Waals surface area contributed by atoms with E-state index in [1.165, 1.54) is 12.1 Å². The average Bonchev–Trinajstić information content (AvgIpc) is 2.42. The van der Waals surface area contributed by atoms with E-state index in [0.29, 0.717) is 13.2 Å². The van der Waals surface area contributed by atoms with Crippen LogP contribution in [-0.4, -0.2) is 30.1 Å². The Balaban J connectivity index is 2.46. The Bertz CT molecular complexity index is 506. The van der Waals surface area contributed by atoms with Crippen molar-refractivity contribution in [1.29, 1.82) is 0 Å². The first-order valence-electron chi connectivity index (χ1n) is 6.76. The number of unbranched alkanes of at least 4 members (excludes halogenated alkanes) is 1. The van der Waals surface area contributed by atoms with E-state index < -0.39 is 4.92 Å². The van der Waals surface area contributed by atoms with Crippen LogP contribution in [0.5, 0.6) is 0 Å². The molecule has 0 bridgehead atoms. The number of ether oxygens (including phenoxy) is 1. The van der Waals surface area contributed by atoms with Crippen molar-refractivity contribution in [1.82, 2.24) is 5.32 Å². The Morgan fingerprint density at radius 2 is 2.14 bits per heavy atom. The van der Waals surface area contributed by atoms with E-state index in [2.05, 4.69) is 21.2 Å². The smallest absolute Gasteiger partial charge is 0.284 e. The largest absolute Gasteiger partial charge is 0.379 e. The molecule has 0 radical (unpaired) electrons. The van der Waals surface area contributed by atoms with Gasteiger partial charge in [0, 0.05) is 19.2 Å². The second-order valence-electron chi connectivity index (χ2n) is 4.78. The molecular weight excluding hydrogens is 340 g/mol. The standard InChI is InChI=1S/C14H19BrN2O4/c1-10(2)21-9-4-3-8-16-14(18)11-6-5-7-12(13(11)15)17(19)20/h5-7,10H,3-4,8-9H2,1-2H3,(H,16,18). The highest BCUT2D eigenvalue weighted by molar-refractivity contribution is 9.10. The number of halogens is 1. The maximum absolute atomic E-state index is 12.0. The zero-order chi connectivity index (χ0) is 15.8. The molecule has 1 N–H and O–H groups in total. The van der Waals surface area contributed by atoms with E-state index in [0.717, 1.165) is 12.8 Å². The maximum atomic E-state index is 12.0. The summed E-state index contributed by atoms with van der Waals surface area (Å²) in [4.78, 5) is 22.3. The number of carbonyl (C=O) groups is 1. The number of nitrogens with one attached hydrogen (secondary N) is 1. The molecule has 0 saturated heterocycles. The lowest BCUT2D eigenvalue weighted by Gasteiger charge is -2.08. The van der Waals surface area contributed by atoms with Gasteiger partial charge in [0.2, 0.25) is 0 Å². The van der Waals surface area contributed by atoms with E-state index in [1.807, 2.05) is 13.8 Å². The summed E-state index contributed by atoms with van der Waals surface area (Å²) in [5, 5.41) is 13.6. The highest BCUT2D eigenvalue weighted by atomic mass is 79.9. The Hall–Kier alpha value is -1.47. The predicted molar refractivity (Wildman–Crippen MR) is 83.5 cm³/mol. The van der Waals surface area contributed by atoms with Gasteiger partial charge >= 0.3 is 0 Å². The lowest BCUT2D eigenvalue weighted by Crippen LogP contribution is -2.25.